The summed E-state index contributed by atoms with van der Waals surface area (Å²) in [6.07, 6.45) is -1.26. The summed E-state index contributed by atoms with van der Waals surface area (Å²) < 4.78 is 20.4. The van der Waals surface area contributed by atoms with Crippen molar-refractivity contribution in [3.8, 4) is 17.2 Å². The number of aliphatic hydroxyl groups is 1. The van der Waals surface area contributed by atoms with Gasteiger partial charge in [0.05, 0.1) is 20.4 Å². The molecule has 2 rings (SSSR count). The monoisotopic (exact) mass is 935 g/mol. The minimum atomic E-state index is -1.15. The second-order valence-electron chi connectivity index (χ2n) is 8.61. The number of rotatable bonds is 9. The van der Waals surface area contributed by atoms with E-state index in [9.17, 15) is 19.8 Å². The van der Waals surface area contributed by atoms with Gasteiger partial charge in [0.1, 0.15) is 29.7 Å². The van der Waals surface area contributed by atoms with Gasteiger partial charge in [-0.25, -0.2) is 9.59 Å². The third kappa shape index (κ3) is 10.1. The van der Waals surface area contributed by atoms with Crippen LogP contribution >= 0.6 is 90.4 Å². The summed E-state index contributed by atoms with van der Waals surface area (Å²) in [5.74, 6) is 0.813. The number of hydrogen-bond acceptors (Lipinski definition) is 6. The highest BCUT2D eigenvalue weighted by Crippen LogP contribution is 2.37. The van der Waals surface area contributed by atoms with Gasteiger partial charge in [-0.05, 0) is 148 Å². The molecule has 0 saturated carbocycles. The number of benzene rings is 2. The molecule has 0 radical (unpaired) electrons. The van der Waals surface area contributed by atoms with Crippen LogP contribution in [0.2, 0.25) is 0 Å². The summed E-state index contributed by atoms with van der Waals surface area (Å²) in [4.78, 5) is 23.8. The lowest BCUT2D eigenvalue weighted by Crippen LogP contribution is -2.44. The molecule has 0 spiro atoms. The van der Waals surface area contributed by atoms with Gasteiger partial charge in [-0.15, -0.1) is 0 Å². The Morgan fingerprint density at radius 3 is 1.94 bits per heavy atom. The van der Waals surface area contributed by atoms with Gasteiger partial charge in [-0.3, -0.25) is 0 Å². The van der Waals surface area contributed by atoms with Gasteiger partial charge in [0.15, 0.2) is 5.75 Å². The third-order valence-corrected chi connectivity index (χ3v) is 7.35. The summed E-state index contributed by atoms with van der Waals surface area (Å²) in [7, 11) is 0. The predicted molar refractivity (Wildman–Crippen MR) is 165 cm³/mol. The fourth-order valence-electron chi connectivity index (χ4n) is 2.77. The molecule has 0 bridgehead atoms. The van der Waals surface area contributed by atoms with Crippen LogP contribution in [0.5, 0.6) is 17.2 Å². The maximum Gasteiger partial charge on any atom is 0.408 e. The van der Waals surface area contributed by atoms with Crippen molar-refractivity contribution in [2.75, 3.05) is 6.61 Å². The van der Waals surface area contributed by atoms with Crippen LogP contribution in [0.3, 0.4) is 0 Å². The molecule has 0 fully saturated rings. The molecule has 1 amide bonds. The Bertz CT molecular complexity index is 1040. The summed E-state index contributed by atoms with van der Waals surface area (Å²) in [6, 6.07) is 6.24. The first-order chi connectivity index (χ1) is 16.2. The molecule has 0 aromatic heterocycles. The van der Waals surface area contributed by atoms with Crippen LogP contribution < -0.4 is 14.8 Å². The third-order valence-electron chi connectivity index (χ3n) is 4.15. The van der Waals surface area contributed by atoms with Crippen molar-refractivity contribution in [2.24, 2.45) is 0 Å². The fourth-order valence-corrected chi connectivity index (χ4v) is 6.91. The van der Waals surface area contributed by atoms with E-state index in [4.69, 9.17) is 14.2 Å². The number of aliphatic hydroxyl groups excluding tert-OH is 1. The smallest absolute Gasteiger partial charge is 0.408 e. The van der Waals surface area contributed by atoms with Crippen molar-refractivity contribution < 1.29 is 34.0 Å². The molecule has 2 atom stereocenters. The molecular weight excluding hydrogens is 910 g/mol. The molecule has 0 aliphatic rings. The van der Waals surface area contributed by atoms with Crippen molar-refractivity contribution in [1.29, 1.82) is 0 Å². The van der Waals surface area contributed by atoms with E-state index in [2.05, 4.69) is 95.7 Å². The highest BCUT2D eigenvalue weighted by molar-refractivity contribution is 14.1. The van der Waals surface area contributed by atoms with Gasteiger partial charge in [0, 0.05) is 6.42 Å². The van der Waals surface area contributed by atoms with Crippen LogP contribution in [0.1, 0.15) is 33.3 Å². The quantitative estimate of drug-likeness (QED) is 0.258. The Kier molecular flexibility index (Phi) is 11.9. The van der Waals surface area contributed by atoms with Crippen molar-refractivity contribution in [3.05, 3.63) is 44.1 Å². The molecule has 35 heavy (non-hydrogen) atoms. The average molecular weight is 935 g/mol. The summed E-state index contributed by atoms with van der Waals surface area (Å²) in [5.41, 5.74) is 0.00863. The standard InChI is InChI=1S/C23H25I4NO7/c1-11(29)10-33-19-16(26)8-13(9-17(19)27)34-20-14(24)5-12(6-15(20)25)7-18(21(30)31)28-22(32)35-23(2,3)4/h5-6,8-9,11,18,29H,7,10H2,1-4H3,(H,28,32)(H,30,31). The number of carbonyl (C=O) groups is 2. The van der Waals surface area contributed by atoms with Crippen LogP contribution in [-0.4, -0.2) is 46.6 Å². The number of halogens is 4. The first kappa shape index (κ1) is 30.9. The average Bonchev–Trinajstić information content (AvgIpc) is 2.68. The minimum Gasteiger partial charge on any atom is -0.489 e. The van der Waals surface area contributed by atoms with E-state index in [0.29, 0.717) is 17.2 Å². The summed E-state index contributed by atoms with van der Waals surface area (Å²) >= 11 is 8.62. The molecule has 12 heteroatoms. The van der Waals surface area contributed by atoms with E-state index >= 15 is 0 Å². The first-order valence-corrected chi connectivity index (χ1v) is 14.7. The summed E-state index contributed by atoms with van der Waals surface area (Å²) in [6.45, 7) is 7.00. The molecule has 0 saturated heterocycles. The predicted octanol–water partition coefficient (Wildman–Crippen LogP) is 6.18. The zero-order valence-electron chi connectivity index (χ0n) is 19.3. The van der Waals surface area contributed by atoms with E-state index in [0.717, 1.165) is 19.8 Å². The molecule has 8 nitrogen and oxygen atoms in total. The van der Waals surface area contributed by atoms with Gasteiger partial charge in [0.2, 0.25) is 0 Å². The number of ether oxygens (including phenoxy) is 3. The van der Waals surface area contributed by atoms with E-state index in [1.165, 1.54) is 0 Å². The van der Waals surface area contributed by atoms with Crippen LogP contribution in [0, 0.1) is 14.3 Å². The van der Waals surface area contributed by atoms with Crippen LogP contribution in [0.4, 0.5) is 4.79 Å². The number of nitrogens with one attached hydrogen (secondary N) is 1. The van der Waals surface area contributed by atoms with Gasteiger partial charge in [-0.2, -0.15) is 0 Å². The van der Waals surface area contributed by atoms with E-state index in [-0.39, 0.29) is 13.0 Å². The normalized spacial score (nSPS) is 13.1. The fraction of sp³-hybridized carbons (Fsp3) is 0.391. The first-order valence-electron chi connectivity index (χ1n) is 10.3. The maximum absolute atomic E-state index is 12.1. The number of hydrogen-bond donors (Lipinski definition) is 3. The van der Waals surface area contributed by atoms with Gasteiger partial charge >= 0.3 is 12.1 Å². The lowest BCUT2D eigenvalue weighted by atomic mass is 10.1. The zero-order chi connectivity index (χ0) is 26.5. The number of amides is 1. The van der Waals surface area contributed by atoms with E-state index < -0.39 is 29.8 Å². The highest BCUT2D eigenvalue weighted by Gasteiger charge is 2.25. The topological polar surface area (TPSA) is 114 Å². The molecule has 2 aromatic rings. The van der Waals surface area contributed by atoms with E-state index in [1.807, 2.05) is 24.3 Å². The Hall–Kier alpha value is -0.340. The van der Waals surface area contributed by atoms with Crippen molar-refractivity contribution in [2.45, 2.75) is 51.9 Å². The molecule has 2 unspecified atom stereocenters. The van der Waals surface area contributed by atoms with Crippen LogP contribution in [-0.2, 0) is 16.0 Å². The zero-order valence-corrected chi connectivity index (χ0v) is 28.0. The van der Waals surface area contributed by atoms with Gasteiger partial charge in [-0.1, -0.05) is 0 Å². The molecule has 0 aliphatic heterocycles. The lowest BCUT2D eigenvalue weighted by Gasteiger charge is -2.22. The minimum absolute atomic E-state index is 0.0893. The molecular formula is C23H25I4NO7. The van der Waals surface area contributed by atoms with Crippen molar-refractivity contribution in [1.82, 2.24) is 5.32 Å². The van der Waals surface area contributed by atoms with Gasteiger partial charge < -0.3 is 29.7 Å². The lowest BCUT2D eigenvalue weighted by molar-refractivity contribution is -0.139. The Labute approximate surface area is 258 Å². The van der Waals surface area contributed by atoms with Crippen molar-refractivity contribution >= 4 is 102 Å². The maximum atomic E-state index is 12.1. The largest absolute Gasteiger partial charge is 0.489 e. The molecule has 0 heterocycles. The van der Waals surface area contributed by atoms with Gasteiger partial charge in [0.25, 0.3) is 0 Å². The Morgan fingerprint density at radius 2 is 1.49 bits per heavy atom. The number of carbonyl (C=O) groups excluding carboxylic acids is 1. The summed E-state index contributed by atoms with van der Waals surface area (Å²) in [5, 5.41) is 21.5. The molecule has 192 valence electrons. The Morgan fingerprint density at radius 1 is 0.971 bits per heavy atom. The Balaban J connectivity index is 2.20. The second-order valence-corrected chi connectivity index (χ2v) is 13.3. The molecule has 2 aromatic carbocycles. The number of alkyl carbamates (subject to hydrolysis) is 1. The molecule has 0 aliphatic carbocycles. The number of carboxylic acid groups (broad SMARTS) is 1. The van der Waals surface area contributed by atoms with Crippen LogP contribution in [0.25, 0.3) is 0 Å². The number of aliphatic carboxylic acids is 1. The highest BCUT2D eigenvalue weighted by atomic mass is 127. The van der Waals surface area contributed by atoms with Crippen LogP contribution in [0.15, 0.2) is 24.3 Å². The SMILES string of the molecule is CC(O)COc1c(I)cc(Oc2c(I)cc(CC(NC(=O)OC(C)(C)C)C(=O)O)cc2I)cc1I. The molecule has 3 N–H and O–H groups in total. The number of carboxylic acids is 1. The van der Waals surface area contributed by atoms with E-state index in [1.54, 1.807) is 27.7 Å². The van der Waals surface area contributed by atoms with Crippen molar-refractivity contribution in [3.63, 3.8) is 0 Å². The second kappa shape index (κ2) is 13.5.